The van der Waals surface area contributed by atoms with E-state index in [1.165, 1.54) is 5.69 Å². The van der Waals surface area contributed by atoms with E-state index in [1.807, 2.05) is 19.3 Å². The van der Waals surface area contributed by atoms with E-state index in [-0.39, 0.29) is 0 Å². The normalized spacial score (nSPS) is 13.2. The largest absolute Gasteiger partial charge is 0.389 e. The topological polar surface area (TPSA) is 46.4 Å². The molecule has 0 amide bonds. The Kier molecular flexibility index (Phi) is 6.26. The fourth-order valence-electron chi connectivity index (χ4n) is 1.55. The molecule has 4 nitrogen and oxygen atoms in total. The number of aliphatic hydroxyl groups is 1. The summed E-state index contributed by atoms with van der Waals surface area (Å²) < 4.78 is 7.44. The van der Waals surface area contributed by atoms with Crippen molar-refractivity contribution in [1.29, 1.82) is 0 Å². The minimum absolute atomic E-state index is 0.401. The number of hydrogen-bond donors (Lipinski definition) is 2. The van der Waals surface area contributed by atoms with Gasteiger partial charge in [-0.2, -0.15) is 0 Å². The third-order valence-electron chi connectivity index (χ3n) is 2.50. The Morgan fingerprint density at radius 3 is 2.76 bits per heavy atom. The number of aliphatic hydroxyl groups excluding tert-OH is 1. The highest BCUT2D eigenvalue weighted by atomic mass is 16.5. The smallest absolute Gasteiger partial charge is 0.0897 e. The SMILES string of the molecule is CC(C)COCC(O)CNCc1cccn1C. The Morgan fingerprint density at radius 2 is 2.18 bits per heavy atom. The molecule has 1 heterocycles. The van der Waals surface area contributed by atoms with Gasteiger partial charge in [-0.1, -0.05) is 13.8 Å². The lowest BCUT2D eigenvalue weighted by Crippen LogP contribution is -2.31. The van der Waals surface area contributed by atoms with Crippen molar-refractivity contribution in [1.82, 2.24) is 9.88 Å². The predicted octanol–water partition coefficient (Wildman–Crippen LogP) is 1.15. The Hall–Kier alpha value is -0.840. The van der Waals surface area contributed by atoms with E-state index in [1.54, 1.807) is 0 Å². The minimum Gasteiger partial charge on any atom is -0.389 e. The number of aryl methyl sites for hydroxylation is 1. The van der Waals surface area contributed by atoms with Gasteiger partial charge in [0.15, 0.2) is 0 Å². The molecular formula is C13H24N2O2. The van der Waals surface area contributed by atoms with Crippen LogP contribution >= 0.6 is 0 Å². The van der Waals surface area contributed by atoms with Crippen molar-refractivity contribution in [3.63, 3.8) is 0 Å². The molecular weight excluding hydrogens is 216 g/mol. The van der Waals surface area contributed by atoms with Crippen LogP contribution < -0.4 is 5.32 Å². The molecule has 98 valence electrons. The van der Waals surface area contributed by atoms with Crippen LogP contribution in [0.4, 0.5) is 0 Å². The van der Waals surface area contributed by atoms with Crippen LogP contribution in [0.25, 0.3) is 0 Å². The Labute approximate surface area is 104 Å². The monoisotopic (exact) mass is 240 g/mol. The van der Waals surface area contributed by atoms with Crippen LogP contribution in [0, 0.1) is 5.92 Å². The van der Waals surface area contributed by atoms with Crippen molar-refractivity contribution in [2.45, 2.75) is 26.5 Å². The zero-order valence-corrected chi connectivity index (χ0v) is 11.0. The van der Waals surface area contributed by atoms with Crippen LogP contribution in [-0.2, 0) is 18.3 Å². The summed E-state index contributed by atoms with van der Waals surface area (Å²) in [6.45, 7) is 6.63. The zero-order valence-electron chi connectivity index (χ0n) is 11.0. The molecule has 0 radical (unpaired) electrons. The fourth-order valence-corrected chi connectivity index (χ4v) is 1.55. The second-order valence-electron chi connectivity index (χ2n) is 4.83. The van der Waals surface area contributed by atoms with E-state index in [0.717, 1.165) is 6.54 Å². The lowest BCUT2D eigenvalue weighted by Gasteiger charge is -2.13. The van der Waals surface area contributed by atoms with E-state index < -0.39 is 6.10 Å². The third-order valence-corrected chi connectivity index (χ3v) is 2.50. The summed E-state index contributed by atoms with van der Waals surface area (Å²) in [5.74, 6) is 0.513. The van der Waals surface area contributed by atoms with Crippen molar-refractivity contribution in [2.24, 2.45) is 13.0 Å². The lowest BCUT2D eigenvalue weighted by atomic mass is 10.2. The predicted molar refractivity (Wildman–Crippen MR) is 68.8 cm³/mol. The maximum Gasteiger partial charge on any atom is 0.0897 e. The van der Waals surface area contributed by atoms with Crippen molar-refractivity contribution in [2.75, 3.05) is 19.8 Å². The van der Waals surface area contributed by atoms with E-state index in [4.69, 9.17) is 4.74 Å². The molecule has 1 aromatic rings. The van der Waals surface area contributed by atoms with Crippen molar-refractivity contribution >= 4 is 0 Å². The summed E-state index contributed by atoms with van der Waals surface area (Å²) in [6, 6.07) is 4.08. The highest BCUT2D eigenvalue weighted by Gasteiger charge is 2.05. The summed E-state index contributed by atoms with van der Waals surface area (Å²) >= 11 is 0. The number of hydrogen-bond acceptors (Lipinski definition) is 3. The Balaban J connectivity index is 2.08. The van der Waals surface area contributed by atoms with Crippen molar-refractivity contribution in [3.8, 4) is 0 Å². The minimum atomic E-state index is -0.436. The van der Waals surface area contributed by atoms with Crippen molar-refractivity contribution in [3.05, 3.63) is 24.0 Å². The molecule has 0 aliphatic rings. The first-order chi connectivity index (χ1) is 8.09. The molecule has 17 heavy (non-hydrogen) atoms. The molecule has 1 rings (SSSR count). The van der Waals surface area contributed by atoms with Crippen LogP contribution in [0.15, 0.2) is 18.3 Å². The van der Waals surface area contributed by atoms with Crippen LogP contribution in [0.2, 0.25) is 0 Å². The highest BCUT2D eigenvalue weighted by molar-refractivity contribution is 5.05. The van der Waals surface area contributed by atoms with Gasteiger partial charge in [-0.15, -0.1) is 0 Å². The summed E-state index contributed by atoms with van der Waals surface area (Å²) in [6.07, 6.45) is 1.58. The molecule has 1 unspecified atom stereocenters. The average molecular weight is 240 g/mol. The second-order valence-corrected chi connectivity index (χ2v) is 4.83. The van der Waals surface area contributed by atoms with E-state index >= 15 is 0 Å². The van der Waals surface area contributed by atoms with Gasteiger partial charge in [0, 0.05) is 38.6 Å². The standard InChI is InChI=1S/C13H24N2O2/c1-11(2)9-17-10-13(16)8-14-7-12-5-4-6-15(12)3/h4-6,11,13-14,16H,7-10H2,1-3H3. The number of nitrogens with one attached hydrogen (secondary N) is 1. The molecule has 4 heteroatoms. The molecule has 1 atom stereocenters. The van der Waals surface area contributed by atoms with Crippen LogP contribution in [0.3, 0.4) is 0 Å². The van der Waals surface area contributed by atoms with Gasteiger partial charge in [0.2, 0.25) is 0 Å². The molecule has 0 saturated carbocycles. The van der Waals surface area contributed by atoms with E-state index in [9.17, 15) is 5.11 Å². The first kappa shape index (κ1) is 14.2. The molecule has 0 saturated heterocycles. The molecule has 0 aliphatic heterocycles. The summed E-state index contributed by atoms with van der Waals surface area (Å²) in [5.41, 5.74) is 1.21. The second kappa shape index (κ2) is 7.48. The maximum atomic E-state index is 9.67. The number of nitrogens with zero attached hydrogens (tertiary/aromatic N) is 1. The fraction of sp³-hybridized carbons (Fsp3) is 0.692. The maximum absolute atomic E-state index is 9.67. The third kappa shape index (κ3) is 5.86. The van der Waals surface area contributed by atoms with Crippen LogP contribution in [0.1, 0.15) is 19.5 Å². The number of aromatic nitrogens is 1. The van der Waals surface area contributed by atoms with E-state index in [0.29, 0.717) is 25.7 Å². The van der Waals surface area contributed by atoms with Gasteiger partial charge in [0.1, 0.15) is 0 Å². The average Bonchev–Trinajstić information content (AvgIpc) is 2.64. The summed E-state index contributed by atoms with van der Waals surface area (Å²) in [4.78, 5) is 0. The molecule has 0 bridgehead atoms. The Bertz CT molecular complexity index is 310. The Morgan fingerprint density at radius 1 is 1.41 bits per heavy atom. The van der Waals surface area contributed by atoms with Gasteiger partial charge < -0.3 is 19.7 Å². The summed E-state index contributed by atoms with van der Waals surface area (Å²) in [7, 11) is 2.01. The molecule has 2 N–H and O–H groups in total. The van der Waals surface area contributed by atoms with E-state index in [2.05, 4.69) is 29.8 Å². The molecule has 1 aromatic heterocycles. The number of rotatable bonds is 8. The molecule has 0 aromatic carbocycles. The quantitative estimate of drug-likeness (QED) is 0.716. The number of ether oxygens (including phenoxy) is 1. The first-order valence-corrected chi connectivity index (χ1v) is 6.16. The lowest BCUT2D eigenvalue weighted by molar-refractivity contribution is 0.0260. The van der Waals surface area contributed by atoms with Gasteiger partial charge in [-0.3, -0.25) is 0 Å². The van der Waals surface area contributed by atoms with Crippen LogP contribution in [-0.4, -0.2) is 35.5 Å². The van der Waals surface area contributed by atoms with Crippen LogP contribution in [0.5, 0.6) is 0 Å². The van der Waals surface area contributed by atoms with Gasteiger partial charge in [-0.05, 0) is 18.1 Å². The van der Waals surface area contributed by atoms with Crippen molar-refractivity contribution < 1.29 is 9.84 Å². The molecule has 0 aliphatic carbocycles. The first-order valence-electron chi connectivity index (χ1n) is 6.16. The highest BCUT2D eigenvalue weighted by Crippen LogP contribution is 1.98. The zero-order chi connectivity index (χ0) is 12.7. The summed E-state index contributed by atoms with van der Waals surface area (Å²) in [5, 5.41) is 12.9. The van der Waals surface area contributed by atoms with Gasteiger partial charge in [0.25, 0.3) is 0 Å². The van der Waals surface area contributed by atoms with Gasteiger partial charge in [0.05, 0.1) is 12.7 Å². The molecule has 0 spiro atoms. The molecule has 0 fully saturated rings. The van der Waals surface area contributed by atoms with Gasteiger partial charge in [-0.25, -0.2) is 0 Å². The van der Waals surface area contributed by atoms with Gasteiger partial charge >= 0.3 is 0 Å².